The molecule has 0 aliphatic rings. The van der Waals surface area contributed by atoms with Crippen LogP contribution in [0.25, 0.3) is 0 Å². The Balaban J connectivity index is 2.56. The number of hydrogen-bond acceptors (Lipinski definition) is 3. The van der Waals surface area contributed by atoms with E-state index in [-0.39, 0.29) is 5.92 Å². The lowest BCUT2D eigenvalue weighted by atomic mass is 9.95. The number of carboxylic acids is 1. The van der Waals surface area contributed by atoms with Gasteiger partial charge in [0.2, 0.25) is 0 Å². The van der Waals surface area contributed by atoms with Gasteiger partial charge < -0.3 is 9.84 Å². The molecule has 0 bridgehead atoms. The average molecular weight is 268 g/mol. The highest BCUT2D eigenvalue weighted by molar-refractivity contribution is 7.98. The van der Waals surface area contributed by atoms with Crippen LogP contribution in [0, 0.1) is 5.92 Å². The van der Waals surface area contributed by atoms with E-state index in [9.17, 15) is 9.90 Å². The lowest BCUT2D eigenvalue weighted by molar-refractivity contribution is -0.141. The summed E-state index contributed by atoms with van der Waals surface area (Å²) >= 11 is 1.76. The van der Waals surface area contributed by atoms with Gasteiger partial charge in [0.05, 0.1) is 13.0 Å². The molecule has 1 atom stereocenters. The molecule has 1 rings (SSSR count). The van der Waals surface area contributed by atoms with Gasteiger partial charge in [-0.3, -0.25) is 4.79 Å². The largest absolute Gasteiger partial charge is 0.497 e. The van der Waals surface area contributed by atoms with Crippen molar-refractivity contribution in [2.75, 3.05) is 19.1 Å². The highest BCUT2D eigenvalue weighted by Gasteiger charge is 2.17. The Kier molecular flexibility index (Phi) is 6.65. The van der Waals surface area contributed by atoms with E-state index < -0.39 is 5.97 Å². The zero-order valence-electron chi connectivity index (χ0n) is 10.9. The first kappa shape index (κ1) is 14.9. The highest BCUT2D eigenvalue weighted by Crippen LogP contribution is 2.18. The maximum absolute atomic E-state index is 11.2. The molecule has 1 aromatic carbocycles. The van der Waals surface area contributed by atoms with Crippen molar-refractivity contribution in [1.82, 2.24) is 0 Å². The quantitative estimate of drug-likeness (QED) is 0.736. The molecular weight excluding hydrogens is 248 g/mol. The van der Waals surface area contributed by atoms with Crippen LogP contribution in [-0.4, -0.2) is 30.2 Å². The molecule has 1 unspecified atom stereocenters. The van der Waals surface area contributed by atoms with Gasteiger partial charge in [0.1, 0.15) is 5.75 Å². The summed E-state index contributed by atoms with van der Waals surface area (Å²) in [5.41, 5.74) is 1.05. The second-order valence-corrected chi connectivity index (χ2v) is 5.21. The Bertz CT molecular complexity index is 362. The molecule has 4 heteroatoms. The molecule has 1 aromatic rings. The van der Waals surface area contributed by atoms with Gasteiger partial charge in [-0.25, -0.2) is 0 Å². The number of thioether (sulfide) groups is 1. The van der Waals surface area contributed by atoms with E-state index in [4.69, 9.17) is 4.74 Å². The standard InChI is InChI=1S/C14H20O3S/c1-17-13-7-5-11(6-8-13)10-12(14(15)16)4-3-9-18-2/h5-8,12H,3-4,9-10H2,1-2H3,(H,15,16). The number of carboxylic acid groups (broad SMARTS) is 1. The van der Waals surface area contributed by atoms with Gasteiger partial charge in [-0.05, 0) is 49.0 Å². The number of rotatable bonds is 8. The molecule has 3 nitrogen and oxygen atoms in total. The smallest absolute Gasteiger partial charge is 0.306 e. The van der Waals surface area contributed by atoms with Gasteiger partial charge in [-0.2, -0.15) is 11.8 Å². The van der Waals surface area contributed by atoms with E-state index in [1.807, 2.05) is 30.5 Å². The van der Waals surface area contributed by atoms with Crippen molar-refractivity contribution < 1.29 is 14.6 Å². The normalized spacial score (nSPS) is 12.1. The second-order valence-electron chi connectivity index (χ2n) is 4.22. The SMILES string of the molecule is COc1ccc(CC(CCCSC)C(=O)O)cc1. The summed E-state index contributed by atoms with van der Waals surface area (Å²) in [5, 5.41) is 9.20. The third kappa shape index (κ3) is 5.00. The van der Waals surface area contributed by atoms with E-state index >= 15 is 0 Å². The molecular formula is C14H20O3S. The first-order chi connectivity index (χ1) is 8.67. The molecule has 0 aromatic heterocycles. The lowest BCUT2D eigenvalue weighted by Crippen LogP contribution is -2.16. The Hall–Kier alpha value is -1.16. The molecule has 1 N–H and O–H groups in total. The van der Waals surface area contributed by atoms with Crippen LogP contribution in [0.15, 0.2) is 24.3 Å². The van der Waals surface area contributed by atoms with Crippen molar-refractivity contribution in [1.29, 1.82) is 0 Å². The molecule has 0 heterocycles. The first-order valence-corrected chi connectivity index (χ1v) is 7.41. The van der Waals surface area contributed by atoms with Crippen LogP contribution in [0.1, 0.15) is 18.4 Å². The zero-order valence-corrected chi connectivity index (χ0v) is 11.7. The van der Waals surface area contributed by atoms with Crippen molar-refractivity contribution in [3.8, 4) is 5.75 Å². The summed E-state index contributed by atoms with van der Waals surface area (Å²) in [5.74, 6) is 0.831. The van der Waals surface area contributed by atoms with Gasteiger partial charge in [-0.15, -0.1) is 0 Å². The number of ether oxygens (including phenoxy) is 1. The fourth-order valence-corrected chi connectivity index (χ4v) is 2.29. The third-order valence-electron chi connectivity index (χ3n) is 2.89. The van der Waals surface area contributed by atoms with Crippen molar-refractivity contribution >= 4 is 17.7 Å². The van der Waals surface area contributed by atoms with Gasteiger partial charge in [0.25, 0.3) is 0 Å². The molecule has 0 fully saturated rings. The number of hydrogen-bond donors (Lipinski definition) is 1. The van der Waals surface area contributed by atoms with E-state index in [0.717, 1.165) is 29.9 Å². The van der Waals surface area contributed by atoms with Crippen LogP contribution in [0.4, 0.5) is 0 Å². The number of methoxy groups -OCH3 is 1. The lowest BCUT2D eigenvalue weighted by Gasteiger charge is -2.12. The molecule has 0 aliphatic carbocycles. The topological polar surface area (TPSA) is 46.5 Å². The van der Waals surface area contributed by atoms with Crippen LogP contribution in [0.5, 0.6) is 5.75 Å². The van der Waals surface area contributed by atoms with E-state index in [1.54, 1.807) is 18.9 Å². The zero-order chi connectivity index (χ0) is 13.4. The van der Waals surface area contributed by atoms with Crippen molar-refractivity contribution in [3.63, 3.8) is 0 Å². The molecule has 18 heavy (non-hydrogen) atoms. The Morgan fingerprint density at radius 1 is 1.39 bits per heavy atom. The summed E-state index contributed by atoms with van der Waals surface area (Å²) in [6, 6.07) is 7.61. The minimum absolute atomic E-state index is 0.287. The monoisotopic (exact) mass is 268 g/mol. The molecule has 0 radical (unpaired) electrons. The predicted molar refractivity (Wildman–Crippen MR) is 75.4 cm³/mol. The van der Waals surface area contributed by atoms with E-state index in [2.05, 4.69) is 0 Å². The molecule has 100 valence electrons. The Morgan fingerprint density at radius 2 is 2.06 bits per heavy atom. The van der Waals surface area contributed by atoms with E-state index in [0.29, 0.717) is 6.42 Å². The van der Waals surface area contributed by atoms with Crippen molar-refractivity contribution in [2.45, 2.75) is 19.3 Å². The predicted octanol–water partition coefficient (Wildman–Crippen LogP) is 3.08. The van der Waals surface area contributed by atoms with Gasteiger partial charge in [-0.1, -0.05) is 12.1 Å². The average Bonchev–Trinajstić information content (AvgIpc) is 2.38. The molecule has 0 aliphatic heterocycles. The summed E-state index contributed by atoms with van der Waals surface area (Å²) in [7, 11) is 1.62. The molecule has 0 saturated heterocycles. The third-order valence-corrected chi connectivity index (χ3v) is 3.59. The number of carbonyl (C=O) groups is 1. The molecule has 0 amide bonds. The summed E-state index contributed by atoms with van der Waals surface area (Å²) < 4.78 is 5.08. The maximum atomic E-state index is 11.2. The maximum Gasteiger partial charge on any atom is 0.306 e. The fraction of sp³-hybridized carbons (Fsp3) is 0.500. The number of aliphatic carboxylic acids is 1. The highest BCUT2D eigenvalue weighted by atomic mass is 32.2. The summed E-state index contributed by atoms with van der Waals surface area (Å²) in [6.07, 6.45) is 4.32. The Labute approximate surface area is 113 Å². The Morgan fingerprint density at radius 3 is 2.56 bits per heavy atom. The number of benzene rings is 1. The summed E-state index contributed by atoms with van der Waals surface area (Å²) in [4.78, 5) is 11.2. The molecule has 0 saturated carbocycles. The summed E-state index contributed by atoms with van der Waals surface area (Å²) in [6.45, 7) is 0. The van der Waals surface area contributed by atoms with Crippen LogP contribution in [-0.2, 0) is 11.2 Å². The fourth-order valence-electron chi connectivity index (χ4n) is 1.83. The van der Waals surface area contributed by atoms with Gasteiger partial charge in [0, 0.05) is 0 Å². The van der Waals surface area contributed by atoms with Crippen LogP contribution >= 0.6 is 11.8 Å². The van der Waals surface area contributed by atoms with E-state index in [1.165, 1.54) is 0 Å². The van der Waals surface area contributed by atoms with Gasteiger partial charge in [0.15, 0.2) is 0 Å². The van der Waals surface area contributed by atoms with Crippen LogP contribution in [0.3, 0.4) is 0 Å². The van der Waals surface area contributed by atoms with Crippen LogP contribution in [0.2, 0.25) is 0 Å². The van der Waals surface area contributed by atoms with Crippen LogP contribution < -0.4 is 4.74 Å². The van der Waals surface area contributed by atoms with Crippen molar-refractivity contribution in [3.05, 3.63) is 29.8 Å². The second kappa shape index (κ2) is 8.03. The minimum atomic E-state index is -0.702. The minimum Gasteiger partial charge on any atom is -0.497 e. The molecule has 0 spiro atoms. The first-order valence-electron chi connectivity index (χ1n) is 6.02. The van der Waals surface area contributed by atoms with Gasteiger partial charge >= 0.3 is 5.97 Å². The van der Waals surface area contributed by atoms with Crippen molar-refractivity contribution in [2.24, 2.45) is 5.92 Å².